The Balaban J connectivity index is 1.76. The molecule has 18 heavy (non-hydrogen) atoms. The molecule has 0 radical (unpaired) electrons. The van der Waals surface area contributed by atoms with Crippen LogP contribution in [-0.2, 0) is 9.47 Å². The number of nitrogens with zero attached hydrogens (tertiary/aromatic N) is 1. The molecular formula is C14H18INO2. The van der Waals surface area contributed by atoms with E-state index in [1.165, 1.54) is 14.8 Å². The van der Waals surface area contributed by atoms with Crippen LogP contribution in [0.1, 0.15) is 18.4 Å². The van der Waals surface area contributed by atoms with Gasteiger partial charge in [0.1, 0.15) is 0 Å². The van der Waals surface area contributed by atoms with Crippen molar-refractivity contribution < 1.29 is 9.47 Å². The second-order valence-corrected chi connectivity index (χ2v) is 6.16. The molecule has 0 atom stereocenters. The van der Waals surface area contributed by atoms with E-state index in [2.05, 4.69) is 52.6 Å². The minimum atomic E-state index is -0.273. The smallest absolute Gasteiger partial charge is 0.171 e. The fourth-order valence-electron chi connectivity index (χ4n) is 2.88. The lowest BCUT2D eigenvalue weighted by molar-refractivity contribution is -0.169. The molecule has 2 fully saturated rings. The monoisotopic (exact) mass is 359 g/mol. The average molecular weight is 359 g/mol. The van der Waals surface area contributed by atoms with E-state index in [9.17, 15) is 0 Å². The normalized spacial score (nSPS) is 22.7. The number of benzene rings is 1. The number of aryl methyl sites for hydroxylation is 1. The SMILES string of the molecule is Cc1cccc(I)c1N1CCC2(CC1)OCCO2. The standard InChI is InChI=1S/C14H18INO2/c1-11-3-2-4-12(15)13(11)16-7-5-14(6-8-16)17-9-10-18-14/h2-4H,5-10H2,1H3. The maximum Gasteiger partial charge on any atom is 0.171 e. The van der Waals surface area contributed by atoms with Gasteiger partial charge in [-0.15, -0.1) is 0 Å². The van der Waals surface area contributed by atoms with Crippen LogP contribution in [-0.4, -0.2) is 32.1 Å². The molecule has 0 unspecified atom stereocenters. The summed E-state index contributed by atoms with van der Waals surface area (Å²) in [5.41, 5.74) is 2.73. The second kappa shape index (κ2) is 4.98. The van der Waals surface area contributed by atoms with Crippen LogP contribution < -0.4 is 4.90 Å². The second-order valence-electron chi connectivity index (χ2n) is 5.00. The van der Waals surface area contributed by atoms with Crippen LogP contribution in [0.25, 0.3) is 0 Å². The van der Waals surface area contributed by atoms with Crippen molar-refractivity contribution in [1.82, 2.24) is 0 Å². The van der Waals surface area contributed by atoms with Gasteiger partial charge in [0.05, 0.1) is 18.9 Å². The molecule has 0 N–H and O–H groups in total. The van der Waals surface area contributed by atoms with Crippen LogP contribution in [0.15, 0.2) is 18.2 Å². The maximum atomic E-state index is 5.78. The highest BCUT2D eigenvalue weighted by molar-refractivity contribution is 14.1. The van der Waals surface area contributed by atoms with Gasteiger partial charge in [0.15, 0.2) is 5.79 Å². The first kappa shape index (κ1) is 12.7. The van der Waals surface area contributed by atoms with E-state index in [-0.39, 0.29) is 5.79 Å². The molecule has 2 saturated heterocycles. The Labute approximate surface area is 122 Å². The third-order valence-corrected chi connectivity index (χ3v) is 4.71. The highest BCUT2D eigenvalue weighted by atomic mass is 127. The van der Waals surface area contributed by atoms with E-state index < -0.39 is 0 Å². The molecule has 3 nitrogen and oxygen atoms in total. The summed E-state index contributed by atoms with van der Waals surface area (Å²) in [6, 6.07) is 6.48. The van der Waals surface area contributed by atoms with E-state index in [0.29, 0.717) is 0 Å². The van der Waals surface area contributed by atoms with Crippen LogP contribution in [0.4, 0.5) is 5.69 Å². The maximum absolute atomic E-state index is 5.78. The number of para-hydroxylation sites is 1. The number of anilines is 1. The summed E-state index contributed by atoms with van der Waals surface area (Å²) in [6.45, 7) is 5.72. The fourth-order valence-corrected chi connectivity index (χ4v) is 3.85. The van der Waals surface area contributed by atoms with Crippen molar-refractivity contribution >= 4 is 28.3 Å². The summed E-state index contributed by atoms with van der Waals surface area (Å²) in [4.78, 5) is 2.47. The lowest BCUT2D eigenvalue weighted by Gasteiger charge is -2.39. The van der Waals surface area contributed by atoms with Crippen LogP contribution in [0.5, 0.6) is 0 Å². The van der Waals surface area contributed by atoms with Crippen LogP contribution in [0.3, 0.4) is 0 Å². The van der Waals surface area contributed by atoms with Gasteiger partial charge >= 0.3 is 0 Å². The third kappa shape index (κ3) is 2.26. The molecular weight excluding hydrogens is 341 g/mol. The zero-order chi connectivity index (χ0) is 12.6. The summed E-state index contributed by atoms with van der Waals surface area (Å²) in [6.07, 6.45) is 1.94. The average Bonchev–Trinajstić information content (AvgIpc) is 2.80. The van der Waals surface area contributed by atoms with Crippen LogP contribution >= 0.6 is 22.6 Å². The highest BCUT2D eigenvalue weighted by Gasteiger charge is 2.40. The fraction of sp³-hybridized carbons (Fsp3) is 0.571. The molecule has 2 heterocycles. The summed E-state index contributed by atoms with van der Waals surface area (Å²) >= 11 is 2.42. The molecule has 2 aliphatic rings. The number of rotatable bonds is 1. The molecule has 1 aromatic carbocycles. The van der Waals surface area contributed by atoms with E-state index in [0.717, 1.165) is 39.1 Å². The lowest BCUT2D eigenvalue weighted by Crippen LogP contribution is -2.45. The van der Waals surface area contributed by atoms with E-state index in [1.54, 1.807) is 0 Å². The number of hydrogen-bond donors (Lipinski definition) is 0. The summed E-state index contributed by atoms with van der Waals surface area (Å²) in [5, 5.41) is 0. The molecule has 0 amide bonds. The number of hydrogen-bond acceptors (Lipinski definition) is 3. The van der Waals surface area contributed by atoms with Crippen LogP contribution in [0.2, 0.25) is 0 Å². The summed E-state index contributed by atoms with van der Waals surface area (Å²) < 4.78 is 12.9. The predicted octanol–water partition coefficient (Wildman–Crippen LogP) is 2.94. The molecule has 1 spiro atoms. The van der Waals surface area contributed by atoms with Gasteiger partial charge in [-0.2, -0.15) is 0 Å². The van der Waals surface area contributed by atoms with Crippen LogP contribution in [0, 0.1) is 10.5 Å². The van der Waals surface area contributed by atoms with Gasteiger partial charge in [-0.3, -0.25) is 0 Å². The highest BCUT2D eigenvalue weighted by Crippen LogP contribution is 2.35. The van der Waals surface area contributed by atoms with Gasteiger partial charge in [0, 0.05) is 29.5 Å². The van der Waals surface area contributed by atoms with E-state index in [4.69, 9.17) is 9.47 Å². The van der Waals surface area contributed by atoms with Gasteiger partial charge in [-0.1, -0.05) is 12.1 Å². The zero-order valence-corrected chi connectivity index (χ0v) is 12.8. The zero-order valence-electron chi connectivity index (χ0n) is 10.6. The Morgan fingerprint density at radius 1 is 1.17 bits per heavy atom. The van der Waals surface area contributed by atoms with Crippen molar-refractivity contribution in [3.8, 4) is 0 Å². The van der Waals surface area contributed by atoms with Gasteiger partial charge < -0.3 is 14.4 Å². The quantitative estimate of drug-likeness (QED) is 0.720. The van der Waals surface area contributed by atoms with Crippen molar-refractivity contribution in [2.75, 3.05) is 31.2 Å². The first-order chi connectivity index (χ1) is 8.70. The number of ether oxygens (including phenoxy) is 2. The molecule has 2 aliphatic heterocycles. The molecule has 98 valence electrons. The molecule has 1 aromatic rings. The Hall–Kier alpha value is -0.330. The Bertz CT molecular complexity index is 413. The van der Waals surface area contributed by atoms with Gasteiger partial charge in [-0.05, 0) is 41.1 Å². The minimum absolute atomic E-state index is 0.273. The van der Waals surface area contributed by atoms with Crippen molar-refractivity contribution in [3.05, 3.63) is 27.3 Å². The summed E-state index contributed by atoms with van der Waals surface area (Å²) in [5.74, 6) is -0.273. The third-order valence-electron chi connectivity index (χ3n) is 3.84. The lowest BCUT2D eigenvalue weighted by atomic mass is 10.0. The predicted molar refractivity (Wildman–Crippen MR) is 80.0 cm³/mol. The van der Waals surface area contributed by atoms with Gasteiger partial charge in [-0.25, -0.2) is 0 Å². The first-order valence-electron chi connectivity index (χ1n) is 6.48. The number of halogens is 1. The molecule has 0 bridgehead atoms. The molecule has 0 aliphatic carbocycles. The van der Waals surface area contributed by atoms with Crippen molar-refractivity contribution in [2.45, 2.75) is 25.6 Å². The number of piperidine rings is 1. The topological polar surface area (TPSA) is 21.7 Å². The van der Waals surface area contributed by atoms with Gasteiger partial charge in [0.25, 0.3) is 0 Å². The van der Waals surface area contributed by atoms with E-state index in [1.807, 2.05) is 0 Å². The minimum Gasteiger partial charge on any atom is -0.370 e. The largest absolute Gasteiger partial charge is 0.370 e. The van der Waals surface area contributed by atoms with E-state index >= 15 is 0 Å². The molecule has 0 saturated carbocycles. The van der Waals surface area contributed by atoms with Crippen molar-refractivity contribution in [1.29, 1.82) is 0 Å². The van der Waals surface area contributed by atoms with Gasteiger partial charge in [0.2, 0.25) is 0 Å². The molecule has 0 aromatic heterocycles. The Morgan fingerprint density at radius 3 is 2.44 bits per heavy atom. The first-order valence-corrected chi connectivity index (χ1v) is 7.56. The summed E-state index contributed by atoms with van der Waals surface area (Å²) in [7, 11) is 0. The molecule has 4 heteroatoms. The molecule has 3 rings (SSSR count). The Kier molecular flexibility index (Phi) is 3.51. The van der Waals surface area contributed by atoms with Crippen molar-refractivity contribution in [3.63, 3.8) is 0 Å². The Morgan fingerprint density at radius 2 is 1.83 bits per heavy atom. The van der Waals surface area contributed by atoms with Crippen molar-refractivity contribution in [2.24, 2.45) is 0 Å².